The van der Waals surface area contributed by atoms with Crippen LogP contribution in [0.3, 0.4) is 0 Å². The topological polar surface area (TPSA) is 69.4 Å². The van der Waals surface area contributed by atoms with E-state index in [2.05, 4.69) is 0 Å². The third-order valence-electron chi connectivity index (χ3n) is 4.77. The molecule has 23 heavy (non-hydrogen) atoms. The van der Waals surface area contributed by atoms with Crippen molar-refractivity contribution in [2.75, 3.05) is 13.2 Å². The zero-order valence-electron chi connectivity index (χ0n) is 13.7. The molecule has 2 N–H and O–H groups in total. The van der Waals surface area contributed by atoms with Crippen molar-refractivity contribution in [2.24, 2.45) is 17.1 Å². The smallest absolute Gasteiger partial charge is 0.129 e. The van der Waals surface area contributed by atoms with Crippen molar-refractivity contribution >= 4 is 12.6 Å². The number of benzene rings is 1. The molecule has 2 rings (SSSR count). The summed E-state index contributed by atoms with van der Waals surface area (Å²) in [5, 5.41) is 0. The maximum Gasteiger partial charge on any atom is 0.129 e. The van der Waals surface area contributed by atoms with E-state index in [9.17, 15) is 9.59 Å². The highest BCUT2D eigenvalue weighted by Gasteiger charge is 2.31. The standard InChI is InChI=1S/C19H27NO3/c20-12-17(13-21)10-16-6-5-7-18(11-16)23-15-19(14-22)8-3-1-2-4-9-19/h5-7,11,13-14,17H,1-4,8-10,12,15,20H2. The van der Waals surface area contributed by atoms with Crippen molar-refractivity contribution in [3.05, 3.63) is 29.8 Å². The van der Waals surface area contributed by atoms with Gasteiger partial charge >= 0.3 is 0 Å². The number of carbonyl (C=O) groups excluding carboxylic acids is 2. The van der Waals surface area contributed by atoms with Gasteiger partial charge in [-0.15, -0.1) is 0 Å². The van der Waals surface area contributed by atoms with Crippen LogP contribution >= 0.6 is 0 Å². The molecule has 0 aliphatic heterocycles. The van der Waals surface area contributed by atoms with Gasteiger partial charge in [-0.25, -0.2) is 0 Å². The Morgan fingerprint density at radius 3 is 2.52 bits per heavy atom. The van der Waals surface area contributed by atoms with Gasteiger partial charge in [-0.05, 0) is 37.0 Å². The van der Waals surface area contributed by atoms with E-state index >= 15 is 0 Å². The quantitative estimate of drug-likeness (QED) is 0.591. The molecular weight excluding hydrogens is 290 g/mol. The van der Waals surface area contributed by atoms with Crippen LogP contribution in [-0.4, -0.2) is 25.7 Å². The van der Waals surface area contributed by atoms with Gasteiger partial charge in [0.15, 0.2) is 0 Å². The second-order valence-corrected chi connectivity index (χ2v) is 6.67. The second kappa shape index (κ2) is 8.82. The van der Waals surface area contributed by atoms with E-state index in [1.54, 1.807) is 0 Å². The van der Waals surface area contributed by atoms with E-state index < -0.39 is 0 Å². The predicted octanol–water partition coefficient (Wildman–Crippen LogP) is 2.92. The van der Waals surface area contributed by atoms with Gasteiger partial charge in [0.2, 0.25) is 0 Å². The van der Waals surface area contributed by atoms with E-state index in [4.69, 9.17) is 10.5 Å². The van der Waals surface area contributed by atoms with Crippen LogP contribution in [0.25, 0.3) is 0 Å². The van der Waals surface area contributed by atoms with Gasteiger partial charge in [-0.2, -0.15) is 0 Å². The van der Waals surface area contributed by atoms with Crippen LogP contribution in [0.5, 0.6) is 5.75 Å². The fourth-order valence-electron chi connectivity index (χ4n) is 3.21. The molecule has 126 valence electrons. The summed E-state index contributed by atoms with van der Waals surface area (Å²) in [7, 11) is 0. The Hall–Kier alpha value is -1.68. The largest absolute Gasteiger partial charge is 0.493 e. The summed E-state index contributed by atoms with van der Waals surface area (Å²) in [5.74, 6) is 0.600. The molecule has 0 saturated heterocycles. The molecular formula is C19H27NO3. The SMILES string of the molecule is NCC(C=O)Cc1cccc(OCC2(C=O)CCCCCC2)c1. The van der Waals surface area contributed by atoms with E-state index in [0.29, 0.717) is 19.6 Å². The first-order valence-electron chi connectivity index (χ1n) is 8.55. The van der Waals surface area contributed by atoms with E-state index in [1.807, 2.05) is 24.3 Å². The maximum atomic E-state index is 11.6. The van der Waals surface area contributed by atoms with Crippen molar-refractivity contribution < 1.29 is 14.3 Å². The Bertz CT molecular complexity index is 507. The Balaban J connectivity index is 1.99. The molecule has 4 nitrogen and oxygen atoms in total. The molecule has 1 unspecified atom stereocenters. The Labute approximate surface area is 138 Å². The first-order valence-corrected chi connectivity index (χ1v) is 8.55. The molecule has 1 fully saturated rings. The van der Waals surface area contributed by atoms with Crippen LogP contribution in [-0.2, 0) is 16.0 Å². The summed E-state index contributed by atoms with van der Waals surface area (Å²) >= 11 is 0. The number of rotatable bonds is 8. The summed E-state index contributed by atoms with van der Waals surface area (Å²) in [6.45, 7) is 0.788. The fraction of sp³-hybridized carbons (Fsp3) is 0.579. The third-order valence-corrected chi connectivity index (χ3v) is 4.77. The first-order chi connectivity index (χ1) is 11.2. The third kappa shape index (κ3) is 5.17. The molecule has 1 saturated carbocycles. The Morgan fingerprint density at radius 2 is 1.91 bits per heavy atom. The highest BCUT2D eigenvalue weighted by molar-refractivity contribution is 5.59. The molecule has 0 spiro atoms. The van der Waals surface area contributed by atoms with Crippen molar-refractivity contribution in [3.63, 3.8) is 0 Å². The minimum Gasteiger partial charge on any atom is -0.493 e. The van der Waals surface area contributed by atoms with Gasteiger partial charge in [-0.1, -0.05) is 37.8 Å². The van der Waals surface area contributed by atoms with Crippen molar-refractivity contribution in [2.45, 2.75) is 44.9 Å². The lowest BCUT2D eigenvalue weighted by molar-refractivity contribution is -0.118. The van der Waals surface area contributed by atoms with Crippen LogP contribution in [0.15, 0.2) is 24.3 Å². The molecule has 0 radical (unpaired) electrons. The Kier molecular flexibility index (Phi) is 6.78. The van der Waals surface area contributed by atoms with E-state index in [0.717, 1.165) is 49.6 Å². The highest BCUT2D eigenvalue weighted by atomic mass is 16.5. The van der Waals surface area contributed by atoms with Crippen molar-refractivity contribution in [1.29, 1.82) is 0 Å². The normalized spacial score (nSPS) is 18.7. The number of aldehydes is 2. The minimum atomic E-state index is -0.338. The van der Waals surface area contributed by atoms with Gasteiger partial charge in [0.05, 0.1) is 5.41 Å². The van der Waals surface area contributed by atoms with E-state index in [1.165, 1.54) is 12.8 Å². The average molecular weight is 317 g/mol. The first kappa shape index (κ1) is 17.7. The van der Waals surface area contributed by atoms with Gasteiger partial charge in [0.25, 0.3) is 0 Å². The molecule has 0 amide bonds. The van der Waals surface area contributed by atoms with Gasteiger partial charge in [0.1, 0.15) is 24.9 Å². The summed E-state index contributed by atoms with van der Waals surface area (Å²) in [5.41, 5.74) is 6.27. The molecule has 0 aromatic heterocycles. The van der Waals surface area contributed by atoms with Crippen molar-refractivity contribution in [3.8, 4) is 5.75 Å². The average Bonchev–Trinajstić information content (AvgIpc) is 2.84. The number of hydrogen-bond donors (Lipinski definition) is 1. The van der Waals surface area contributed by atoms with Gasteiger partial charge in [0, 0.05) is 12.5 Å². The second-order valence-electron chi connectivity index (χ2n) is 6.67. The molecule has 1 atom stereocenters. The molecule has 4 heteroatoms. The predicted molar refractivity (Wildman–Crippen MR) is 90.4 cm³/mol. The lowest BCUT2D eigenvalue weighted by Gasteiger charge is -2.26. The summed E-state index contributed by atoms with van der Waals surface area (Å²) < 4.78 is 5.93. The summed E-state index contributed by atoms with van der Waals surface area (Å²) in [6, 6.07) is 7.74. The number of nitrogens with two attached hydrogens (primary N) is 1. The Morgan fingerprint density at radius 1 is 1.17 bits per heavy atom. The minimum absolute atomic E-state index is 0.159. The zero-order chi connectivity index (χ0) is 16.5. The number of carbonyl (C=O) groups is 2. The number of hydrogen-bond acceptors (Lipinski definition) is 4. The van der Waals surface area contributed by atoms with Crippen LogP contribution in [0.1, 0.15) is 44.1 Å². The lowest BCUT2D eigenvalue weighted by Crippen LogP contribution is -2.29. The van der Waals surface area contributed by atoms with Crippen LogP contribution < -0.4 is 10.5 Å². The van der Waals surface area contributed by atoms with Crippen molar-refractivity contribution in [1.82, 2.24) is 0 Å². The summed E-state index contributed by atoms with van der Waals surface area (Å²) in [4.78, 5) is 22.5. The van der Waals surface area contributed by atoms with Gasteiger partial charge in [-0.3, -0.25) is 0 Å². The monoisotopic (exact) mass is 317 g/mol. The molecule has 0 bridgehead atoms. The van der Waals surface area contributed by atoms with Crippen LogP contribution in [0.2, 0.25) is 0 Å². The van der Waals surface area contributed by atoms with E-state index in [-0.39, 0.29) is 11.3 Å². The molecule has 1 aromatic rings. The molecule has 1 aromatic carbocycles. The number of ether oxygens (including phenoxy) is 1. The summed E-state index contributed by atoms with van der Waals surface area (Å²) in [6.07, 6.45) is 9.05. The molecule has 0 heterocycles. The maximum absolute atomic E-state index is 11.6. The fourth-order valence-corrected chi connectivity index (χ4v) is 3.21. The van der Waals surface area contributed by atoms with Crippen LogP contribution in [0, 0.1) is 11.3 Å². The molecule has 1 aliphatic carbocycles. The highest BCUT2D eigenvalue weighted by Crippen LogP contribution is 2.34. The lowest BCUT2D eigenvalue weighted by atomic mass is 9.83. The molecule has 1 aliphatic rings. The van der Waals surface area contributed by atoms with Crippen LogP contribution in [0.4, 0.5) is 0 Å². The zero-order valence-corrected chi connectivity index (χ0v) is 13.7. The van der Waals surface area contributed by atoms with Gasteiger partial charge < -0.3 is 20.1 Å².